The molecule has 0 aliphatic heterocycles. The summed E-state index contributed by atoms with van der Waals surface area (Å²) in [5.74, 6) is 0.962. The molecule has 0 saturated heterocycles. The highest BCUT2D eigenvalue weighted by molar-refractivity contribution is 9.10. The van der Waals surface area contributed by atoms with Crippen LogP contribution in [0.3, 0.4) is 0 Å². The molecule has 0 saturated carbocycles. The minimum atomic E-state index is 0.0703. The molecule has 5 aromatic heterocycles. The summed E-state index contributed by atoms with van der Waals surface area (Å²) in [7, 11) is 0. The van der Waals surface area contributed by atoms with Crippen LogP contribution in [0.2, 0.25) is 0 Å². The van der Waals surface area contributed by atoms with E-state index in [0.717, 1.165) is 22.4 Å². The Morgan fingerprint density at radius 3 is 1.70 bits per heavy atom. The second kappa shape index (κ2) is 14.9. The lowest BCUT2D eigenvalue weighted by molar-refractivity contribution is 0.588. The van der Waals surface area contributed by atoms with Gasteiger partial charge in [-0.15, -0.1) is 0 Å². The quantitative estimate of drug-likeness (QED) is 0.162. The number of aromatic nitrogens is 5. The summed E-state index contributed by atoms with van der Waals surface area (Å²) in [5.41, 5.74) is 15.7. The topological polar surface area (TPSA) is 62.3 Å². The maximum atomic E-state index is 4.77. The number of pyridine rings is 2. The van der Waals surface area contributed by atoms with E-state index >= 15 is 0 Å². The Morgan fingerprint density at radius 2 is 1.03 bits per heavy atom. The van der Waals surface area contributed by atoms with Gasteiger partial charge in [0.1, 0.15) is 10.4 Å². The first-order valence-electron chi connectivity index (χ1n) is 21.0. The van der Waals surface area contributed by atoms with Gasteiger partial charge in [-0.25, -0.2) is 9.97 Å². The lowest BCUT2D eigenvalue weighted by Crippen LogP contribution is -2.12. The molecule has 0 spiro atoms. The van der Waals surface area contributed by atoms with Gasteiger partial charge in [-0.05, 0) is 133 Å². The van der Waals surface area contributed by atoms with E-state index < -0.39 is 0 Å². The van der Waals surface area contributed by atoms with Crippen molar-refractivity contribution < 1.29 is 0 Å². The third kappa shape index (κ3) is 7.09. The van der Waals surface area contributed by atoms with Gasteiger partial charge in [0.05, 0.1) is 11.0 Å². The Morgan fingerprint density at radius 1 is 0.459 bits per heavy atom. The number of fused-ring (bicyclic) bond motifs is 12. The zero-order chi connectivity index (χ0) is 42.0. The fourth-order valence-corrected chi connectivity index (χ4v) is 9.28. The van der Waals surface area contributed by atoms with Gasteiger partial charge in [-0.2, -0.15) is 0 Å². The van der Waals surface area contributed by atoms with Crippen molar-refractivity contribution in [3.8, 4) is 16.9 Å². The van der Waals surface area contributed by atoms with Crippen LogP contribution in [0.5, 0.6) is 0 Å². The van der Waals surface area contributed by atoms with E-state index in [1.165, 1.54) is 93.3 Å². The van der Waals surface area contributed by atoms with E-state index in [0.29, 0.717) is 0 Å². The van der Waals surface area contributed by atoms with Gasteiger partial charge in [0.2, 0.25) is 0 Å². The number of benzene rings is 6. The van der Waals surface area contributed by atoms with Crippen molar-refractivity contribution in [1.29, 1.82) is 0 Å². The zero-order valence-corrected chi connectivity index (χ0v) is 37.0. The summed E-state index contributed by atoms with van der Waals surface area (Å²) >= 11 is 3.34. The maximum Gasteiger partial charge on any atom is 0.137 e. The van der Waals surface area contributed by atoms with Crippen LogP contribution in [0.15, 0.2) is 163 Å². The summed E-state index contributed by atoms with van der Waals surface area (Å²) in [6, 6.07) is 52.1. The Hall–Kier alpha value is -6.50. The summed E-state index contributed by atoms with van der Waals surface area (Å²) in [6.07, 6.45) is 4.81. The van der Waals surface area contributed by atoms with E-state index in [1.54, 1.807) is 0 Å². The van der Waals surface area contributed by atoms with E-state index in [-0.39, 0.29) is 10.8 Å². The van der Waals surface area contributed by atoms with Crippen molar-refractivity contribution in [2.24, 2.45) is 0 Å². The molecule has 11 aromatic rings. The number of para-hydroxylation sites is 3. The van der Waals surface area contributed by atoms with Crippen molar-refractivity contribution in [3.63, 3.8) is 0 Å². The second-order valence-corrected chi connectivity index (χ2v) is 19.1. The van der Waals surface area contributed by atoms with Gasteiger partial charge in [0.15, 0.2) is 0 Å². The molecule has 5 heterocycles. The Labute approximate surface area is 364 Å². The first-order valence-corrected chi connectivity index (χ1v) is 21.8. The second-order valence-electron chi connectivity index (χ2n) is 18.3. The SMILES string of the molecule is CC(C)(C)c1ccnc(-n2c3ccccc3c3cc4c(cc32)[nH]c2ccccc24)c1.CC(C)(C)c1ccnc(Br)c1.c1ccc2c(c1)Cc1cc3[nH]c4ccccc4c3cc1-2. The van der Waals surface area contributed by atoms with E-state index in [4.69, 9.17) is 4.98 Å². The summed E-state index contributed by atoms with van der Waals surface area (Å²) < 4.78 is 3.20. The van der Waals surface area contributed by atoms with Crippen molar-refractivity contribution >= 4 is 81.3 Å². The first-order chi connectivity index (χ1) is 29.4. The maximum absolute atomic E-state index is 4.77. The summed E-state index contributed by atoms with van der Waals surface area (Å²) in [4.78, 5) is 16.0. The molecule has 12 rings (SSSR count). The monoisotopic (exact) mass is 857 g/mol. The van der Waals surface area contributed by atoms with Crippen LogP contribution in [-0.4, -0.2) is 24.5 Å². The largest absolute Gasteiger partial charge is 0.355 e. The summed E-state index contributed by atoms with van der Waals surface area (Å²) in [6.45, 7) is 13.3. The molecule has 61 heavy (non-hydrogen) atoms. The normalized spacial score (nSPS) is 12.4. The first kappa shape index (κ1) is 38.7. The average molecular weight is 859 g/mol. The molecule has 0 bridgehead atoms. The number of nitrogens with zero attached hydrogens (tertiary/aromatic N) is 3. The van der Waals surface area contributed by atoms with E-state index in [9.17, 15) is 0 Å². The van der Waals surface area contributed by atoms with Crippen molar-refractivity contribution in [2.75, 3.05) is 0 Å². The lowest BCUT2D eigenvalue weighted by Gasteiger charge is -2.20. The van der Waals surface area contributed by atoms with Crippen LogP contribution in [0.25, 0.3) is 82.4 Å². The molecule has 1 aliphatic carbocycles. The number of hydrogen-bond acceptors (Lipinski definition) is 2. The molecule has 0 atom stereocenters. The minimum absolute atomic E-state index is 0.0703. The van der Waals surface area contributed by atoms with Gasteiger partial charge in [-0.1, -0.05) is 120 Å². The average Bonchev–Trinajstić information content (AvgIpc) is 4.00. The van der Waals surface area contributed by atoms with E-state index in [2.05, 4.69) is 217 Å². The third-order valence-electron chi connectivity index (χ3n) is 12.2. The Bertz CT molecular complexity index is 3440. The Kier molecular flexibility index (Phi) is 9.45. The van der Waals surface area contributed by atoms with Gasteiger partial charge < -0.3 is 9.97 Å². The molecule has 0 fully saturated rings. The van der Waals surface area contributed by atoms with Crippen molar-refractivity contribution in [1.82, 2.24) is 24.5 Å². The highest BCUT2D eigenvalue weighted by atomic mass is 79.9. The summed E-state index contributed by atoms with van der Waals surface area (Å²) in [5, 5.41) is 7.68. The smallest absolute Gasteiger partial charge is 0.137 e. The molecule has 6 aromatic carbocycles. The highest BCUT2D eigenvalue weighted by Crippen LogP contribution is 2.41. The zero-order valence-electron chi connectivity index (χ0n) is 35.4. The number of hydrogen-bond donors (Lipinski definition) is 2. The van der Waals surface area contributed by atoms with Gasteiger partial charge in [0.25, 0.3) is 0 Å². The number of aromatic amines is 2. The molecule has 1 aliphatic rings. The van der Waals surface area contributed by atoms with Crippen LogP contribution >= 0.6 is 15.9 Å². The number of rotatable bonds is 1. The van der Waals surface area contributed by atoms with Crippen LogP contribution < -0.4 is 0 Å². The molecule has 0 radical (unpaired) electrons. The number of H-pyrrole nitrogens is 2. The highest BCUT2D eigenvalue weighted by Gasteiger charge is 2.21. The van der Waals surface area contributed by atoms with Gasteiger partial charge in [-0.3, -0.25) is 4.57 Å². The fraction of sp³-hybridized carbons (Fsp3) is 0.164. The number of nitrogens with one attached hydrogen (secondary N) is 2. The van der Waals surface area contributed by atoms with Gasteiger partial charge in [0, 0.05) is 66.8 Å². The minimum Gasteiger partial charge on any atom is -0.355 e. The van der Waals surface area contributed by atoms with Crippen molar-refractivity contribution in [2.45, 2.75) is 58.8 Å². The van der Waals surface area contributed by atoms with Crippen LogP contribution in [0.1, 0.15) is 63.8 Å². The molecule has 5 nitrogen and oxygen atoms in total. The fourth-order valence-electron chi connectivity index (χ4n) is 8.92. The van der Waals surface area contributed by atoms with Gasteiger partial charge >= 0.3 is 0 Å². The van der Waals surface area contributed by atoms with Crippen LogP contribution in [-0.2, 0) is 17.3 Å². The number of halogens is 1. The third-order valence-corrected chi connectivity index (χ3v) is 12.6. The Balaban J connectivity index is 0.000000123. The molecule has 300 valence electrons. The van der Waals surface area contributed by atoms with Crippen molar-refractivity contribution in [3.05, 3.63) is 185 Å². The lowest BCUT2D eigenvalue weighted by atomic mass is 9.88. The van der Waals surface area contributed by atoms with Crippen LogP contribution in [0.4, 0.5) is 0 Å². The molecular formula is C55H48BrN5. The molecule has 0 amide bonds. The molecule has 0 unspecified atom stereocenters. The van der Waals surface area contributed by atoms with E-state index in [1.807, 2.05) is 18.5 Å². The standard InChI is InChI=1S/C27H23N3.C19H13N.C9H12BrN/c1-27(2,3)17-12-13-28-26(14-17)30-24-11-7-5-9-19(24)21-15-20-18-8-4-6-10-22(18)29-23(20)16-25(21)30;1-2-6-14-12(5-1)9-13-10-19-17(11-16(13)14)15-7-3-4-8-18(15)20-19;1-9(2,3)7-4-5-11-8(10)6-7/h4-16,29H,1-3H3;1-8,10-11,20H,9H2;4-6H,1-3H3. The van der Waals surface area contributed by atoms with Crippen LogP contribution in [0, 0.1) is 0 Å². The molecule has 2 N–H and O–H groups in total. The predicted octanol–water partition coefficient (Wildman–Crippen LogP) is 15.1. The molecule has 6 heteroatoms. The molecular weight excluding hydrogens is 811 g/mol. The predicted molar refractivity (Wildman–Crippen MR) is 261 cm³/mol.